The van der Waals surface area contributed by atoms with Gasteiger partial charge in [0.25, 0.3) is 11.8 Å². The fourth-order valence-corrected chi connectivity index (χ4v) is 5.06. The van der Waals surface area contributed by atoms with E-state index in [0.717, 1.165) is 40.0 Å². The van der Waals surface area contributed by atoms with Crippen molar-refractivity contribution >= 4 is 48.2 Å². The van der Waals surface area contributed by atoms with Gasteiger partial charge in [-0.05, 0) is 94.9 Å². The molecule has 1 aliphatic heterocycles. The van der Waals surface area contributed by atoms with Crippen molar-refractivity contribution in [2.45, 2.75) is 13.3 Å². The maximum Gasteiger partial charge on any atom is 0.271 e. The Morgan fingerprint density at radius 2 is 1.21 bits per heavy atom. The minimum atomic E-state index is -0.358. The first-order chi connectivity index (χ1) is 28.1. The van der Waals surface area contributed by atoms with E-state index in [1.54, 1.807) is 95.2 Å². The molecule has 4 N–H and O–H groups in total. The number of nitrogens with zero attached hydrogens (tertiary/aromatic N) is 2. The minimum absolute atomic E-state index is 0.206. The number of aryl methyl sites for hydroxylation is 1. The maximum absolute atomic E-state index is 12.3. The number of benzene rings is 4. The van der Waals surface area contributed by atoms with Crippen LogP contribution in [-0.2, 0) is 16.0 Å². The number of alkyl halides is 2. The lowest BCUT2D eigenvalue weighted by atomic mass is 10.1. The zero-order chi connectivity index (χ0) is 42.9. The number of halogens is 2. The van der Waals surface area contributed by atoms with Crippen LogP contribution in [0.5, 0.6) is 17.2 Å². The zero-order valence-corrected chi connectivity index (χ0v) is 33.4. The second-order valence-electron chi connectivity index (χ2n) is 11.6. The summed E-state index contributed by atoms with van der Waals surface area (Å²) in [5.41, 5.74) is 11.1. The minimum Gasteiger partial charge on any atom is -0.493 e. The number of ether oxygens (including phenoxy) is 3. The van der Waals surface area contributed by atoms with E-state index < -0.39 is 0 Å². The van der Waals surface area contributed by atoms with E-state index in [1.807, 2.05) is 37.3 Å². The van der Waals surface area contributed by atoms with Crippen molar-refractivity contribution in [3.05, 3.63) is 136 Å². The Kier molecular flexibility index (Phi) is 20.9. The lowest BCUT2D eigenvalue weighted by Gasteiger charge is -2.11. The molecule has 13 nitrogen and oxygen atoms in total. The van der Waals surface area contributed by atoms with Crippen LogP contribution in [0.25, 0.3) is 12.2 Å². The largest absolute Gasteiger partial charge is 0.493 e. The fraction of sp³-hybridized carbons (Fsp3) is 0.209. The van der Waals surface area contributed by atoms with Gasteiger partial charge in [0, 0.05) is 43.8 Å². The average molecular weight is 799 g/mol. The van der Waals surface area contributed by atoms with Gasteiger partial charge in [0.1, 0.15) is 5.75 Å². The van der Waals surface area contributed by atoms with Crippen LogP contribution in [0.15, 0.2) is 101 Å². The molecule has 0 saturated carbocycles. The quantitative estimate of drug-likeness (QED) is 0.0792. The molecule has 4 amide bonds. The summed E-state index contributed by atoms with van der Waals surface area (Å²) in [5, 5.41) is 13.0. The lowest BCUT2D eigenvalue weighted by Crippen LogP contribution is -2.17. The molecule has 0 saturated heterocycles. The number of likely N-dealkylation sites (N-methyl/N-ethyl adjacent to an activating group) is 2. The summed E-state index contributed by atoms with van der Waals surface area (Å²) in [4.78, 5) is 47.0. The molecule has 0 fully saturated rings. The normalized spacial score (nSPS) is 11.2. The van der Waals surface area contributed by atoms with Crippen molar-refractivity contribution in [1.29, 1.82) is 0 Å². The van der Waals surface area contributed by atoms with Gasteiger partial charge in [0.15, 0.2) is 11.5 Å². The van der Waals surface area contributed by atoms with E-state index >= 15 is 0 Å². The number of hydrogen-bond donors (Lipinski definition) is 4. The second kappa shape index (κ2) is 25.8. The molecule has 0 spiro atoms. The number of nitrogens with one attached hydrogen (secondary N) is 4. The van der Waals surface area contributed by atoms with E-state index in [0.29, 0.717) is 43.6 Å². The summed E-state index contributed by atoms with van der Waals surface area (Å²) in [6, 6.07) is 23.3. The maximum atomic E-state index is 12.3. The Morgan fingerprint density at radius 1 is 0.672 bits per heavy atom. The van der Waals surface area contributed by atoms with Gasteiger partial charge in [-0.2, -0.15) is 10.2 Å². The topological polar surface area (TPSA) is 169 Å². The van der Waals surface area contributed by atoms with Gasteiger partial charge in [-0.1, -0.05) is 36.4 Å². The molecular weight excluding hydrogens is 751 g/mol. The van der Waals surface area contributed by atoms with Crippen LogP contribution >= 0.6 is 0 Å². The van der Waals surface area contributed by atoms with Gasteiger partial charge in [0.2, 0.25) is 11.8 Å². The van der Waals surface area contributed by atoms with Gasteiger partial charge >= 0.3 is 0 Å². The van der Waals surface area contributed by atoms with Crippen LogP contribution in [0.4, 0.5) is 8.78 Å². The SMILES string of the molecule is CF.CF.CNC(=O)/C=C/c1cccc(C(=O)N/N=C/c2cc(C)c(OC)c(OC)c2)c1.CNC(=O)/C=C/c1cccc(C(=O)N/N=C/c2ccc3c(c2)OCC3)c1. The molecule has 5 rings (SSSR count). The number of hydrazone groups is 2. The van der Waals surface area contributed by atoms with Crippen LogP contribution in [-0.4, -0.2) is 85.3 Å². The molecule has 4 aromatic carbocycles. The molecule has 0 radical (unpaired) electrons. The Balaban J connectivity index is 0.000000369. The first-order valence-electron chi connectivity index (χ1n) is 17.5. The molecule has 1 aliphatic rings. The molecule has 15 heteroatoms. The summed E-state index contributed by atoms with van der Waals surface area (Å²) >= 11 is 0. The number of hydrogen-bond acceptors (Lipinski definition) is 9. The molecule has 0 aliphatic carbocycles. The highest BCUT2D eigenvalue weighted by molar-refractivity contribution is 5.97. The molecule has 0 atom stereocenters. The van der Waals surface area contributed by atoms with Crippen LogP contribution in [0, 0.1) is 6.92 Å². The standard InChI is InChI=1S/C21H23N3O4.C20H19N3O3.2CH3F/c1-14-10-16(12-18(27-3)20(14)28-4)13-23-24-21(26)17-7-5-6-15(11-17)8-9-19(25)22-2;1-21-19(24)8-6-14-3-2-4-17(11-14)20(25)23-22-13-15-5-7-16-9-10-26-18(16)12-15;2*1-2/h5-13H,1-4H3,(H,22,25)(H,24,26);2-8,11-13H,9-10H2,1H3,(H,21,24)(H,23,25);2*1H3/b9-8+,23-13+;8-6+,22-13+;;. The van der Waals surface area contributed by atoms with E-state index in [2.05, 4.69) is 31.7 Å². The van der Waals surface area contributed by atoms with Gasteiger partial charge in [-0.15, -0.1) is 0 Å². The first kappa shape index (κ1) is 47.0. The van der Waals surface area contributed by atoms with Crippen LogP contribution in [0.3, 0.4) is 0 Å². The molecule has 58 heavy (non-hydrogen) atoms. The van der Waals surface area contributed by atoms with Crippen molar-refractivity contribution in [2.24, 2.45) is 10.2 Å². The van der Waals surface area contributed by atoms with Crippen molar-refractivity contribution in [3.63, 3.8) is 0 Å². The molecule has 1 heterocycles. The highest BCUT2D eigenvalue weighted by Gasteiger charge is 2.12. The second-order valence-corrected chi connectivity index (χ2v) is 11.6. The van der Waals surface area contributed by atoms with E-state index in [9.17, 15) is 28.0 Å². The van der Waals surface area contributed by atoms with E-state index in [-0.39, 0.29) is 23.6 Å². The summed E-state index contributed by atoms with van der Waals surface area (Å²) in [5.74, 6) is 1.01. The molecule has 0 unspecified atom stereocenters. The van der Waals surface area contributed by atoms with Crippen molar-refractivity contribution < 1.29 is 42.2 Å². The number of methoxy groups -OCH3 is 2. The Morgan fingerprint density at radius 3 is 1.71 bits per heavy atom. The van der Waals surface area contributed by atoms with E-state index in [1.165, 1.54) is 23.9 Å². The highest BCUT2D eigenvalue weighted by atomic mass is 19.1. The Bertz CT molecular complexity index is 2120. The molecule has 306 valence electrons. The van der Waals surface area contributed by atoms with Gasteiger partial charge < -0.3 is 24.8 Å². The number of amides is 4. The molecule has 4 aromatic rings. The number of carbonyl (C=O) groups is 4. The average Bonchev–Trinajstić information content (AvgIpc) is 3.74. The van der Waals surface area contributed by atoms with Crippen molar-refractivity contribution in [1.82, 2.24) is 21.5 Å². The summed E-state index contributed by atoms with van der Waals surface area (Å²) in [6.07, 6.45) is 10.1. The van der Waals surface area contributed by atoms with E-state index in [4.69, 9.17) is 14.2 Å². The predicted octanol–water partition coefficient (Wildman–Crippen LogP) is 5.85. The smallest absolute Gasteiger partial charge is 0.271 e. The molecule has 0 bridgehead atoms. The molecule has 0 aromatic heterocycles. The molecular formula is C43H48F2N6O7. The van der Waals surface area contributed by atoms with Crippen molar-refractivity contribution in [2.75, 3.05) is 49.3 Å². The van der Waals surface area contributed by atoms with Gasteiger partial charge in [-0.25, -0.2) is 10.9 Å². The van der Waals surface area contributed by atoms with Crippen molar-refractivity contribution in [3.8, 4) is 17.2 Å². The predicted molar refractivity (Wildman–Crippen MR) is 223 cm³/mol. The zero-order valence-electron chi connectivity index (χ0n) is 33.4. The third kappa shape index (κ3) is 15.2. The highest BCUT2D eigenvalue weighted by Crippen LogP contribution is 2.31. The lowest BCUT2D eigenvalue weighted by molar-refractivity contribution is -0.116. The Labute approximate surface area is 336 Å². The monoisotopic (exact) mass is 798 g/mol. The number of carbonyl (C=O) groups excluding carboxylic acids is 4. The number of rotatable bonds is 12. The summed E-state index contributed by atoms with van der Waals surface area (Å²) in [7, 11) is 7.25. The summed E-state index contributed by atoms with van der Waals surface area (Å²) in [6.45, 7) is 2.60. The number of fused-ring (bicyclic) bond motifs is 1. The summed E-state index contributed by atoms with van der Waals surface area (Å²) < 4.78 is 35.1. The third-order valence-electron chi connectivity index (χ3n) is 7.81. The van der Waals surface area contributed by atoms with Gasteiger partial charge in [-0.3, -0.25) is 28.0 Å². The Hall–Kier alpha value is -7.16. The van der Waals surface area contributed by atoms with Gasteiger partial charge in [0.05, 0.1) is 47.6 Å². The van der Waals surface area contributed by atoms with Crippen LogP contribution in [0.1, 0.15) is 54.1 Å². The fourth-order valence-electron chi connectivity index (χ4n) is 5.06. The first-order valence-corrected chi connectivity index (χ1v) is 17.5. The van der Waals surface area contributed by atoms with Crippen LogP contribution < -0.4 is 35.7 Å². The third-order valence-corrected chi connectivity index (χ3v) is 7.81. The van der Waals surface area contributed by atoms with Crippen LogP contribution in [0.2, 0.25) is 0 Å².